The second-order valence-electron chi connectivity index (χ2n) is 11.4. The van der Waals surface area contributed by atoms with Gasteiger partial charge in [-0.15, -0.1) is 0 Å². The highest BCUT2D eigenvalue weighted by atomic mass is 19.1. The van der Waals surface area contributed by atoms with Gasteiger partial charge in [0.15, 0.2) is 5.82 Å². The largest absolute Gasteiger partial charge is 0.424 e. The van der Waals surface area contributed by atoms with Crippen molar-refractivity contribution in [3.63, 3.8) is 0 Å². The minimum absolute atomic E-state index is 0.170. The molecule has 0 unspecified atom stereocenters. The van der Waals surface area contributed by atoms with Gasteiger partial charge in [0.25, 0.3) is 0 Å². The summed E-state index contributed by atoms with van der Waals surface area (Å²) in [5.41, 5.74) is 1.65. The molecule has 4 nitrogen and oxygen atoms in total. The van der Waals surface area contributed by atoms with Gasteiger partial charge in [0.2, 0.25) is 5.67 Å². The van der Waals surface area contributed by atoms with Crippen molar-refractivity contribution in [3.05, 3.63) is 66.5 Å². The van der Waals surface area contributed by atoms with Gasteiger partial charge in [-0.25, -0.2) is 23.5 Å². The first-order valence-corrected chi connectivity index (χ1v) is 15.4. The lowest BCUT2D eigenvalue weighted by Gasteiger charge is -2.18. The molecule has 0 N–H and O–H groups in total. The summed E-state index contributed by atoms with van der Waals surface area (Å²) in [4.78, 5) is 21.5. The van der Waals surface area contributed by atoms with E-state index in [2.05, 4.69) is 16.9 Å². The van der Waals surface area contributed by atoms with Crippen molar-refractivity contribution in [3.8, 4) is 28.3 Å². The maximum absolute atomic E-state index is 15.0. The van der Waals surface area contributed by atoms with Gasteiger partial charge in [-0.3, -0.25) is 0 Å². The quantitative estimate of drug-likeness (QED) is 0.0876. The summed E-state index contributed by atoms with van der Waals surface area (Å²) in [6, 6.07) is 14.8. The Morgan fingerprint density at radius 2 is 1.34 bits per heavy atom. The van der Waals surface area contributed by atoms with Gasteiger partial charge < -0.3 is 4.74 Å². The average molecular weight is 565 g/mol. The monoisotopic (exact) mass is 564 g/mol. The zero-order valence-electron chi connectivity index (χ0n) is 25.0. The highest BCUT2D eigenvalue weighted by Gasteiger charge is 2.34. The Hall–Kier alpha value is -3.15. The number of carbonyl (C=O) groups excluding carboxylic acids is 1. The Balaban J connectivity index is 1.43. The number of alkyl halides is 2. The Bertz CT molecular complexity index is 1160. The molecule has 0 aliphatic heterocycles. The maximum Gasteiger partial charge on any atom is 0.348 e. The number of aryl methyl sites for hydroxylation is 1. The predicted molar refractivity (Wildman–Crippen MR) is 163 cm³/mol. The molecule has 1 heterocycles. The number of hydrogen-bond acceptors (Lipinski definition) is 4. The van der Waals surface area contributed by atoms with Crippen LogP contribution >= 0.6 is 0 Å². The van der Waals surface area contributed by atoms with Gasteiger partial charge in [-0.1, -0.05) is 101 Å². The van der Waals surface area contributed by atoms with Crippen molar-refractivity contribution in [2.45, 2.75) is 116 Å². The van der Waals surface area contributed by atoms with E-state index in [1.54, 1.807) is 43.6 Å². The van der Waals surface area contributed by atoms with E-state index in [9.17, 15) is 9.18 Å². The number of halogens is 2. The molecular formula is C35H46F2N2O2. The molecule has 222 valence electrons. The van der Waals surface area contributed by atoms with Crippen LogP contribution < -0.4 is 4.74 Å². The molecule has 0 aliphatic carbocycles. The molecule has 41 heavy (non-hydrogen) atoms. The molecule has 0 radical (unpaired) electrons. The summed E-state index contributed by atoms with van der Waals surface area (Å²) < 4.78 is 33.5. The fourth-order valence-corrected chi connectivity index (χ4v) is 4.79. The number of hydrogen-bond donors (Lipinski definition) is 0. The summed E-state index contributed by atoms with van der Waals surface area (Å²) in [5, 5.41) is 0. The van der Waals surface area contributed by atoms with Crippen molar-refractivity contribution in [1.29, 1.82) is 0 Å². The molecule has 3 rings (SSSR count). The molecule has 0 fully saturated rings. The molecule has 2 atom stereocenters. The van der Waals surface area contributed by atoms with Crippen molar-refractivity contribution in [2.24, 2.45) is 0 Å². The second-order valence-corrected chi connectivity index (χ2v) is 11.4. The van der Waals surface area contributed by atoms with Crippen LogP contribution in [0.5, 0.6) is 5.75 Å². The molecule has 1 aromatic heterocycles. The van der Waals surface area contributed by atoms with E-state index in [1.807, 2.05) is 24.3 Å². The van der Waals surface area contributed by atoms with Gasteiger partial charge in [0, 0.05) is 23.5 Å². The van der Waals surface area contributed by atoms with Crippen molar-refractivity contribution in [1.82, 2.24) is 9.97 Å². The van der Waals surface area contributed by atoms with E-state index in [0.29, 0.717) is 30.8 Å². The van der Waals surface area contributed by atoms with E-state index >= 15 is 4.39 Å². The molecule has 0 aliphatic rings. The Morgan fingerprint density at radius 1 is 0.805 bits per heavy atom. The lowest BCUT2D eigenvalue weighted by molar-refractivity contribution is -0.147. The van der Waals surface area contributed by atoms with Crippen molar-refractivity contribution in [2.75, 3.05) is 0 Å². The second kappa shape index (κ2) is 17.0. The molecular weight excluding hydrogens is 518 g/mol. The number of rotatable bonds is 18. The fourth-order valence-electron chi connectivity index (χ4n) is 4.79. The van der Waals surface area contributed by atoms with E-state index in [-0.39, 0.29) is 6.42 Å². The van der Waals surface area contributed by atoms with Crippen LogP contribution in [0.1, 0.15) is 103 Å². The third-order valence-electron chi connectivity index (χ3n) is 7.52. The van der Waals surface area contributed by atoms with Crippen LogP contribution in [0.25, 0.3) is 22.5 Å². The first-order valence-electron chi connectivity index (χ1n) is 15.4. The number of benzene rings is 2. The number of unbranched alkanes of at least 4 members (excludes halogenated alkanes) is 9. The average Bonchev–Trinajstić information content (AvgIpc) is 2.98. The third kappa shape index (κ3) is 11.3. The topological polar surface area (TPSA) is 52.1 Å². The Morgan fingerprint density at radius 3 is 1.90 bits per heavy atom. The minimum atomic E-state index is -2.01. The van der Waals surface area contributed by atoms with E-state index in [0.717, 1.165) is 35.1 Å². The number of ether oxygens (including phenoxy) is 1. The van der Waals surface area contributed by atoms with Gasteiger partial charge in [0.1, 0.15) is 5.75 Å². The summed E-state index contributed by atoms with van der Waals surface area (Å²) in [6.45, 7) is 5.11. The number of esters is 1. The highest BCUT2D eigenvalue weighted by molar-refractivity contribution is 5.81. The SMILES string of the molecule is CCCCCCCCCCCC[C@](C)(F)C(=O)Oc1ccc(-c2cnc(-c3ccc(CC[C@H](C)F)cc3)nc2)cc1. The van der Waals surface area contributed by atoms with Crippen LogP contribution in [0.15, 0.2) is 60.9 Å². The Labute approximate surface area is 245 Å². The molecule has 0 spiro atoms. The van der Waals surface area contributed by atoms with Crippen LogP contribution in [0.2, 0.25) is 0 Å². The van der Waals surface area contributed by atoms with E-state index in [1.165, 1.54) is 51.9 Å². The minimum Gasteiger partial charge on any atom is -0.424 e. The van der Waals surface area contributed by atoms with Gasteiger partial charge >= 0.3 is 5.97 Å². The molecule has 0 amide bonds. The van der Waals surface area contributed by atoms with Gasteiger partial charge in [-0.05, 0) is 62.8 Å². The van der Waals surface area contributed by atoms with Gasteiger partial charge in [-0.2, -0.15) is 0 Å². The van der Waals surface area contributed by atoms with Crippen LogP contribution in [-0.2, 0) is 11.2 Å². The third-order valence-corrected chi connectivity index (χ3v) is 7.52. The number of aromatic nitrogens is 2. The standard InChI is InChI=1S/C35H46F2N2O2/c1-4-5-6-7-8-9-10-11-12-13-24-35(3,37)34(40)41-32-22-20-29(21-23-32)31-25-38-33(39-26-31)30-18-16-28(17-19-30)15-14-27(2)36/h16-23,25-27H,4-15,24H2,1-3H3/t27-,35-/m0/s1. The van der Waals surface area contributed by atoms with E-state index in [4.69, 9.17) is 4.74 Å². The zero-order valence-corrected chi connectivity index (χ0v) is 25.0. The van der Waals surface area contributed by atoms with Crippen molar-refractivity contribution >= 4 is 5.97 Å². The molecule has 0 saturated carbocycles. The predicted octanol–water partition coefficient (Wildman–Crippen LogP) is 10.0. The smallest absolute Gasteiger partial charge is 0.348 e. The normalized spacial score (nSPS) is 13.5. The van der Waals surface area contributed by atoms with Crippen molar-refractivity contribution < 1.29 is 18.3 Å². The molecule has 3 aromatic rings. The summed E-state index contributed by atoms with van der Waals surface area (Å²) in [6.07, 6.45) is 15.7. The van der Waals surface area contributed by atoms with E-state index < -0.39 is 17.8 Å². The summed E-state index contributed by atoms with van der Waals surface area (Å²) in [5.74, 6) is 0.0684. The molecule has 2 aromatic carbocycles. The Kier molecular flexibility index (Phi) is 13.4. The highest BCUT2D eigenvalue weighted by Crippen LogP contribution is 2.27. The fraction of sp³-hybridized carbons (Fsp3) is 0.514. The van der Waals surface area contributed by atoms with Crippen LogP contribution in [-0.4, -0.2) is 27.8 Å². The lowest BCUT2D eigenvalue weighted by atomic mass is 9.99. The first-order chi connectivity index (χ1) is 19.8. The number of nitrogens with zero attached hydrogens (tertiary/aromatic N) is 2. The maximum atomic E-state index is 15.0. The summed E-state index contributed by atoms with van der Waals surface area (Å²) >= 11 is 0. The van der Waals surface area contributed by atoms with Gasteiger partial charge in [0.05, 0.1) is 6.17 Å². The molecule has 6 heteroatoms. The van der Waals surface area contributed by atoms with Crippen LogP contribution in [0, 0.1) is 0 Å². The lowest BCUT2D eigenvalue weighted by Crippen LogP contribution is -2.34. The van der Waals surface area contributed by atoms with Crippen LogP contribution in [0.4, 0.5) is 8.78 Å². The molecule has 0 saturated heterocycles. The summed E-state index contributed by atoms with van der Waals surface area (Å²) in [7, 11) is 0. The zero-order chi connectivity index (χ0) is 29.5. The van der Waals surface area contributed by atoms with Crippen LogP contribution in [0.3, 0.4) is 0 Å². The first kappa shape index (κ1) is 32.4. The molecule has 0 bridgehead atoms. The number of carbonyl (C=O) groups is 1.